The molecule has 0 rings (SSSR count). The predicted octanol–water partition coefficient (Wildman–Crippen LogP) is 14.0. The van der Waals surface area contributed by atoms with Crippen molar-refractivity contribution in [3.8, 4) is 0 Å². The molecule has 0 fully saturated rings. The standard InChI is InChI=1S/C50H95N2O6P/c1-6-8-10-12-14-16-17-18-19-20-21-22-23-24-25-26-27-28-29-30-31-32-33-34-35-36-38-40-42-44-50(54)51-48(47-58-59(55,56)57-46-45-52(3,4)5)49(53)43-41-39-37-15-13-11-9-7-2/h17-18,20-21,23-24,41,43,48-49,53H,6-16,19,22,25-40,42,44-47H2,1-5H3,(H-,51,54,55,56)/p+1/b18-17-,21-20-,24-23-,43-41+. The number of allylic oxidation sites excluding steroid dienone is 7. The number of aliphatic hydroxyl groups excluding tert-OH is 1. The number of carbonyl (C=O) groups excluding carboxylic acids is 1. The maximum atomic E-state index is 12.8. The molecule has 0 spiro atoms. The molecule has 0 bridgehead atoms. The van der Waals surface area contributed by atoms with Crippen LogP contribution in [0.25, 0.3) is 0 Å². The van der Waals surface area contributed by atoms with Crippen molar-refractivity contribution in [3.05, 3.63) is 48.6 Å². The fraction of sp³-hybridized carbons (Fsp3) is 0.820. The smallest absolute Gasteiger partial charge is 0.387 e. The number of aliphatic hydroxyl groups is 1. The maximum Gasteiger partial charge on any atom is 0.472 e. The molecule has 346 valence electrons. The Bertz CT molecular complexity index is 1100. The van der Waals surface area contributed by atoms with Crippen molar-refractivity contribution >= 4 is 13.7 Å². The molecule has 0 aliphatic rings. The van der Waals surface area contributed by atoms with Crippen molar-refractivity contribution < 1.29 is 32.9 Å². The molecule has 59 heavy (non-hydrogen) atoms. The van der Waals surface area contributed by atoms with E-state index < -0.39 is 20.0 Å². The molecule has 0 aliphatic heterocycles. The molecule has 3 N–H and O–H groups in total. The summed E-state index contributed by atoms with van der Waals surface area (Å²) in [6, 6.07) is -0.844. The highest BCUT2D eigenvalue weighted by atomic mass is 31.2. The Balaban J connectivity index is 4.04. The predicted molar refractivity (Wildman–Crippen MR) is 254 cm³/mol. The molecule has 0 aromatic heterocycles. The van der Waals surface area contributed by atoms with Crippen molar-refractivity contribution in [1.82, 2.24) is 5.32 Å². The van der Waals surface area contributed by atoms with Gasteiger partial charge in [-0.05, 0) is 57.8 Å². The Morgan fingerprint density at radius 1 is 0.576 bits per heavy atom. The van der Waals surface area contributed by atoms with Crippen molar-refractivity contribution in [2.45, 2.75) is 225 Å². The van der Waals surface area contributed by atoms with Crippen LogP contribution >= 0.6 is 7.82 Å². The summed E-state index contributed by atoms with van der Waals surface area (Å²) in [5.74, 6) is -0.182. The van der Waals surface area contributed by atoms with Gasteiger partial charge in [-0.3, -0.25) is 13.8 Å². The highest BCUT2D eigenvalue weighted by molar-refractivity contribution is 7.47. The van der Waals surface area contributed by atoms with Crippen molar-refractivity contribution in [3.63, 3.8) is 0 Å². The van der Waals surface area contributed by atoms with Gasteiger partial charge in [0.2, 0.25) is 5.91 Å². The number of phosphoric acid groups is 1. The molecule has 0 heterocycles. The Morgan fingerprint density at radius 3 is 1.41 bits per heavy atom. The zero-order valence-corrected chi connectivity index (χ0v) is 40.1. The van der Waals surface area contributed by atoms with Crippen LogP contribution in [-0.2, 0) is 18.4 Å². The minimum Gasteiger partial charge on any atom is -0.387 e. The molecular weight excluding hydrogens is 756 g/mol. The lowest BCUT2D eigenvalue weighted by atomic mass is 10.0. The van der Waals surface area contributed by atoms with Gasteiger partial charge < -0.3 is 19.8 Å². The van der Waals surface area contributed by atoms with E-state index >= 15 is 0 Å². The molecular formula is C50H96N2O6P+. The highest BCUT2D eigenvalue weighted by Gasteiger charge is 2.27. The second-order valence-electron chi connectivity index (χ2n) is 17.8. The van der Waals surface area contributed by atoms with Gasteiger partial charge in [0.15, 0.2) is 0 Å². The first-order chi connectivity index (χ1) is 28.5. The Kier molecular flexibility index (Phi) is 40.7. The van der Waals surface area contributed by atoms with E-state index in [1.807, 2.05) is 27.2 Å². The number of hydrogen-bond acceptors (Lipinski definition) is 5. The summed E-state index contributed by atoms with van der Waals surface area (Å²) in [7, 11) is 1.57. The van der Waals surface area contributed by atoms with Crippen molar-refractivity contribution in [2.24, 2.45) is 0 Å². The van der Waals surface area contributed by atoms with E-state index in [9.17, 15) is 19.4 Å². The lowest BCUT2D eigenvalue weighted by molar-refractivity contribution is -0.870. The molecule has 0 radical (unpaired) electrons. The quantitative estimate of drug-likeness (QED) is 0.0244. The number of likely N-dealkylation sites (N-methyl/N-ethyl adjacent to an activating group) is 1. The van der Waals surface area contributed by atoms with Crippen LogP contribution < -0.4 is 5.32 Å². The van der Waals surface area contributed by atoms with Crippen LogP contribution in [0.15, 0.2) is 48.6 Å². The normalized spacial score (nSPS) is 14.6. The third-order valence-electron chi connectivity index (χ3n) is 10.8. The first-order valence-corrected chi connectivity index (χ1v) is 26.0. The largest absolute Gasteiger partial charge is 0.472 e. The summed E-state index contributed by atoms with van der Waals surface area (Å²) in [6.45, 7) is 4.75. The zero-order chi connectivity index (χ0) is 43.6. The lowest BCUT2D eigenvalue weighted by Crippen LogP contribution is -2.45. The van der Waals surface area contributed by atoms with Gasteiger partial charge in [0, 0.05) is 6.42 Å². The first kappa shape index (κ1) is 57.5. The van der Waals surface area contributed by atoms with Crippen LogP contribution in [0.2, 0.25) is 0 Å². The summed E-state index contributed by atoms with van der Waals surface area (Å²) in [5.41, 5.74) is 0. The number of rotatable bonds is 44. The van der Waals surface area contributed by atoms with Gasteiger partial charge in [-0.25, -0.2) is 4.57 Å². The van der Waals surface area contributed by atoms with E-state index in [2.05, 4.69) is 55.6 Å². The second-order valence-corrected chi connectivity index (χ2v) is 19.3. The van der Waals surface area contributed by atoms with Crippen LogP contribution in [0.1, 0.15) is 213 Å². The van der Waals surface area contributed by atoms with E-state index in [0.717, 1.165) is 51.4 Å². The zero-order valence-electron chi connectivity index (χ0n) is 39.2. The molecule has 0 aromatic rings. The number of nitrogens with one attached hydrogen (secondary N) is 1. The van der Waals surface area contributed by atoms with Crippen LogP contribution in [0.3, 0.4) is 0 Å². The van der Waals surface area contributed by atoms with Gasteiger partial charge >= 0.3 is 7.82 Å². The Hall–Kier alpha value is -1.54. The number of quaternary nitrogens is 1. The summed E-state index contributed by atoms with van der Waals surface area (Å²) in [4.78, 5) is 23.1. The molecule has 0 saturated heterocycles. The summed E-state index contributed by atoms with van der Waals surface area (Å²) < 4.78 is 23.5. The van der Waals surface area contributed by atoms with E-state index in [0.29, 0.717) is 17.4 Å². The highest BCUT2D eigenvalue weighted by Crippen LogP contribution is 2.43. The maximum absolute atomic E-state index is 12.8. The van der Waals surface area contributed by atoms with Gasteiger partial charge in [-0.15, -0.1) is 0 Å². The Morgan fingerprint density at radius 2 is 0.966 bits per heavy atom. The minimum absolute atomic E-state index is 0.0604. The lowest BCUT2D eigenvalue weighted by Gasteiger charge is -2.25. The third-order valence-corrected chi connectivity index (χ3v) is 11.8. The summed E-state index contributed by atoms with van der Waals surface area (Å²) in [5, 5.41) is 13.7. The molecule has 3 unspecified atom stereocenters. The fourth-order valence-corrected chi connectivity index (χ4v) is 7.61. The number of amides is 1. The van der Waals surface area contributed by atoms with Gasteiger partial charge in [0.1, 0.15) is 13.2 Å². The van der Waals surface area contributed by atoms with E-state index in [1.165, 1.54) is 141 Å². The monoisotopic (exact) mass is 852 g/mol. The molecule has 0 saturated carbocycles. The number of carbonyl (C=O) groups is 1. The average molecular weight is 852 g/mol. The number of phosphoric ester groups is 1. The average Bonchev–Trinajstić information content (AvgIpc) is 3.19. The topological polar surface area (TPSA) is 105 Å². The number of unbranched alkanes of at least 4 members (excludes halogenated alkanes) is 25. The van der Waals surface area contributed by atoms with Crippen molar-refractivity contribution in [2.75, 3.05) is 40.9 Å². The number of nitrogens with zero attached hydrogens (tertiary/aromatic N) is 1. The van der Waals surface area contributed by atoms with Crippen LogP contribution in [0, 0.1) is 0 Å². The number of hydrogen-bond donors (Lipinski definition) is 3. The second kappa shape index (κ2) is 41.8. The van der Waals surface area contributed by atoms with E-state index in [4.69, 9.17) is 9.05 Å². The van der Waals surface area contributed by atoms with Gasteiger partial charge in [0.05, 0.1) is 39.9 Å². The molecule has 8 nitrogen and oxygen atoms in total. The molecule has 1 amide bonds. The van der Waals surface area contributed by atoms with E-state index in [1.54, 1.807) is 6.08 Å². The molecule has 3 atom stereocenters. The summed E-state index contributed by atoms with van der Waals surface area (Å²) in [6.07, 6.45) is 53.5. The van der Waals surface area contributed by atoms with Crippen LogP contribution in [0.5, 0.6) is 0 Å². The van der Waals surface area contributed by atoms with E-state index in [-0.39, 0.29) is 19.1 Å². The van der Waals surface area contributed by atoms with Gasteiger partial charge in [-0.1, -0.05) is 197 Å². The SMILES string of the molecule is CCCCCCC/C=C\C/C=C\C/C=C\CCCCCCCCCCCCCCCCC(=O)NC(COP(=O)(O)OCC[N+](C)(C)C)C(O)/C=C/CCCCCCCC. The first-order valence-electron chi connectivity index (χ1n) is 24.5. The van der Waals surface area contributed by atoms with Crippen molar-refractivity contribution in [1.29, 1.82) is 0 Å². The summed E-state index contributed by atoms with van der Waals surface area (Å²) >= 11 is 0. The Labute approximate surface area is 365 Å². The molecule has 0 aromatic carbocycles. The third kappa shape index (κ3) is 44.3. The van der Waals surface area contributed by atoms with Crippen LogP contribution in [-0.4, -0.2) is 73.4 Å². The minimum atomic E-state index is -4.33. The van der Waals surface area contributed by atoms with Gasteiger partial charge in [0.25, 0.3) is 0 Å². The molecule has 9 heteroatoms. The fourth-order valence-electron chi connectivity index (χ4n) is 6.87. The van der Waals surface area contributed by atoms with Crippen LogP contribution in [0.4, 0.5) is 0 Å². The molecule has 0 aliphatic carbocycles. The van der Waals surface area contributed by atoms with Gasteiger partial charge in [-0.2, -0.15) is 0 Å².